The Hall–Kier alpha value is -1.53. The number of rotatable bonds is 11. The van der Waals surface area contributed by atoms with Crippen LogP contribution in [0.25, 0.3) is 6.08 Å². The van der Waals surface area contributed by atoms with Crippen molar-refractivity contribution in [1.29, 1.82) is 0 Å². The minimum absolute atomic E-state index is 0.152. The summed E-state index contributed by atoms with van der Waals surface area (Å²) >= 11 is 6.29. The predicted molar refractivity (Wildman–Crippen MR) is 113 cm³/mol. The zero-order valence-corrected chi connectivity index (χ0v) is 17.1. The van der Waals surface area contributed by atoms with Gasteiger partial charge in [-0.2, -0.15) is 0 Å². The number of thioether (sulfide) groups is 1. The van der Waals surface area contributed by atoms with Crippen LogP contribution >= 0.6 is 24.0 Å². The maximum Gasteiger partial charge on any atom is 0.263 e. The lowest BCUT2D eigenvalue weighted by Gasteiger charge is -2.12. The molecule has 1 fully saturated rings. The molecule has 2 rings (SSSR count). The first-order valence-electron chi connectivity index (χ1n) is 9.28. The summed E-state index contributed by atoms with van der Waals surface area (Å²) in [5.74, 6) is 1.31. The molecule has 0 spiro atoms. The second-order valence-corrected chi connectivity index (χ2v) is 7.83. The average Bonchev–Trinajstić information content (AvgIpc) is 2.93. The maximum absolute atomic E-state index is 11.8. The average molecular weight is 394 g/mol. The molecule has 0 bridgehead atoms. The van der Waals surface area contributed by atoms with Gasteiger partial charge in [0.25, 0.3) is 5.91 Å². The van der Waals surface area contributed by atoms with Crippen LogP contribution in [-0.4, -0.2) is 23.4 Å². The molecule has 0 aromatic heterocycles. The Bertz CT molecular complexity index is 658. The SMILES string of the molecule is CCCCCCCCOc1ccc(/C=C2/SC(=S)NC2=O)cc1OCC. The number of carbonyl (C=O) groups is 1. The zero-order chi connectivity index (χ0) is 18.8. The van der Waals surface area contributed by atoms with E-state index in [1.54, 1.807) is 0 Å². The van der Waals surface area contributed by atoms with Crippen LogP contribution < -0.4 is 14.8 Å². The van der Waals surface area contributed by atoms with Crippen LogP contribution in [0.4, 0.5) is 0 Å². The Morgan fingerprint density at radius 1 is 1.08 bits per heavy atom. The van der Waals surface area contributed by atoms with Gasteiger partial charge in [0.2, 0.25) is 0 Å². The molecular weight excluding hydrogens is 366 g/mol. The van der Waals surface area contributed by atoms with Crippen molar-refractivity contribution in [3.63, 3.8) is 0 Å². The summed E-state index contributed by atoms with van der Waals surface area (Å²) in [5, 5.41) is 2.62. The summed E-state index contributed by atoms with van der Waals surface area (Å²) in [6, 6.07) is 5.74. The molecule has 1 aromatic carbocycles. The van der Waals surface area contributed by atoms with E-state index in [0.717, 1.165) is 17.7 Å². The fraction of sp³-hybridized carbons (Fsp3) is 0.500. The molecule has 142 valence electrons. The van der Waals surface area contributed by atoms with Crippen LogP contribution in [0.15, 0.2) is 23.1 Å². The fourth-order valence-corrected chi connectivity index (χ4v) is 3.68. The van der Waals surface area contributed by atoms with Gasteiger partial charge in [-0.15, -0.1) is 0 Å². The molecule has 1 amide bonds. The van der Waals surface area contributed by atoms with Gasteiger partial charge >= 0.3 is 0 Å². The molecular formula is C20H27NO3S2. The van der Waals surface area contributed by atoms with Gasteiger partial charge in [-0.3, -0.25) is 4.79 Å². The lowest BCUT2D eigenvalue weighted by atomic mass is 10.1. The van der Waals surface area contributed by atoms with E-state index < -0.39 is 0 Å². The molecule has 1 aromatic rings. The quantitative estimate of drug-likeness (QED) is 0.313. The highest BCUT2D eigenvalue weighted by Gasteiger charge is 2.22. The zero-order valence-electron chi connectivity index (χ0n) is 15.5. The van der Waals surface area contributed by atoms with Crippen molar-refractivity contribution in [2.75, 3.05) is 13.2 Å². The largest absolute Gasteiger partial charge is 0.490 e. The third-order valence-corrected chi connectivity index (χ3v) is 5.13. The summed E-state index contributed by atoms with van der Waals surface area (Å²) in [5.41, 5.74) is 0.891. The second-order valence-electron chi connectivity index (χ2n) is 6.11. The molecule has 6 heteroatoms. The van der Waals surface area contributed by atoms with Gasteiger partial charge < -0.3 is 14.8 Å². The predicted octanol–water partition coefficient (Wildman–Crippen LogP) is 5.31. The van der Waals surface area contributed by atoms with Gasteiger partial charge in [0.15, 0.2) is 11.5 Å². The number of ether oxygens (including phenoxy) is 2. The first-order valence-corrected chi connectivity index (χ1v) is 10.5. The minimum Gasteiger partial charge on any atom is -0.490 e. The number of thiocarbonyl (C=S) groups is 1. The van der Waals surface area contributed by atoms with E-state index in [2.05, 4.69) is 12.2 Å². The Balaban J connectivity index is 1.94. The van der Waals surface area contributed by atoms with Crippen LogP contribution in [0.5, 0.6) is 11.5 Å². The summed E-state index contributed by atoms with van der Waals surface area (Å²) in [6.45, 7) is 5.43. The van der Waals surface area contributed by atoms with E-state index in [4.69, 9.17) is 21.7 Å². The van der Waals surface area contributed by atoms with Crippen molar-refractivity contribution in [3.05, 3.63) is 28.7 Å². The molecule has 1 saturated heterocycles. The highest BCUT2D eigenvalue weighted by Crippen LogP contribution is 2.32. The summed E-state index contributed by atoms with van der Waals surface area (Å²) in [6.07, 6.45) is 9.22. The molecule has 1 heterocycles. The van der Waals surface area contributed by atoms with Crippen molar-refractivity contribution in [3.8, 4) is 11.5 Å². The Labute approximate surface area is 165 Å². The molecule has 0 radical (unpaired) electrons. The number of carbonyl (C=O) groups excluding carboxylic acids is 1. The molecule has 1 aliphatic heterocycles. The fourth-order valence-electron chi connectivity index (χ4n) is 2.64. The summed E-state index contributed by atoms with van der Waals surface area (Å²) in [4.78, 5) is 12.4. The Morgan fingerprint density at radius 2 is 1.85 bits per heavy atom. The second kappa shape index (κ2) is 11.2. The van der Waals surface area contributed by atoms with Crippen LogP contribution in [-0.2, 0) is 4.79 Å². The van der Waals surface area contributed by atoms with Gasteiger partial charge in [0.05, 0.1) is 18.1 Å². The molecule has 26 heavy (non-hydrogen) atoms. The van der Waals surface area contributed by atoms with E-state index in [1.165, 1.54) is 43.9 Å². The standard InChI is InChI=1S/C20H27NO3S2/c1-3-5-6-7-8-9-12-24-16-11-10-15(13-17(16)23-4-2)14-18-19(22)21-20(25)26-18/h10-11,13-14H,3-9,12H2,1-2H3,(H,21,22,25)/b18-14+. The molecule has 0 aliphatic carbocycles. The Kier molecular flexibility index (Phi) is 8.98. The molecule has 0 saturated carbocycles. The number of hydrogen-bond acceptors (Lipinski definition) is 5. The molecule has 1 aliphatic rings. The third-order valence-electron chi connectivity index (χ3n) is 3.96. The number of hydrogen-bond donors (Lipinski definition) is 1. The van der Waals surface area contributed by atoms with Crippen LogP contribution in [0.2, 0.25) is 0 Å². The lowest BCUT2D eigenvalue weighted by Crippen LogP contribution is -2.17. The molecule has 1 N–H and O–H groups in total. The van der Waals surface area contributed by atoms with Crippen LogP contribution in [0, 0.1) is 0 Å². The summed E-state index contributed by atoms with van der Waals surface area (Å²) < 4.78 is 12.1. The van der Waals surface area contributed by atoms with Crippen molar-refractivity contribution >= 4 is 40.3 Å². The molecule has 0 atom stereocenters. The topological polar surface area (TPSA) is 47.6 Å². The maximum atomic E-state index is 11.8. The van der Waals surface area contributed by atoms with E-state index in [-0.39, 0.29) is 5.91 Å². The van der Waals surface area contributed by atoms with Crippen LogP contribution in [0.3, 0.4) is 0 Å². The monoisotopic (exact) mass is 393 g/mol. The van der Waals surface area contributed by atoms with Gasteiger partial charge in [-0.1, -0.05) is 69.1 Å². The van der Waals surface area contributed by atoms with E-state index in [9.17, 15) is 4.79 Å². The lowest BCUT2D eigenvalue weighted by molar-refractivity contribution is -0.115. The first kappa shape index (κ1) is 20.8. The smallest absolute Gasteiger partial charge is 0.263 e. The normalized spacial score (nSPS) is 15.4. The Morgan fingerprint density at radius 3 is 2.54 bits per heavy atom. The minimum atomic E-state index is -0.152. The number of benzene rings is 1. The van der Waals surface area contributed by atoms with Crippen molar-refractivity contribution in [1.82, 2.24) is 5.32 Å². The molecule has 4 nitrogen and oxygen atoms in total. The third kappa shape index (κ3) is 6.65. The highest BCUT2D eigenvalue weighted by molar-refractivity contribution is 8.26. The van der Waals surface area contributed by atoms with Crippen molar-refractivity contribution in [2.45, 2.75) is 52.4 Å². The number of unbranched alkanes of at least 4 members (excludes halogenated alkanes) is 5. The van der Waals surface area contributed by atoms with Crippen molar-refractivity contribution in [2.24, 2.45) is 0 Å². The number of nitrogens with one attached hydrogen (secondary N) is 1. The van der Waals surface area contributed by atoms with Crippen molar-refractivity contribution < 1.29 is 14.3 Å². The van der Waals surface area contributed by atoms with Crippen LogP contribution in [0.1, 0.15) is 57.9 Å². The first-order chi connectivity index (χ1) is 12.6. The highest BCUT2D eigenvalue weighted by atomic mass is 32.2. The van der Waals surface area contributed by atoms with Gasteiger partial charge in [-0.25, -0.2) is 0 Å². The van der Waals surface area contributed by atoms with Gasteiger partial charge in [-0.05, 0) is 37.1 Å². The van der Waals surface area contributed by atoms with Gasteiger partial charge in [0.1, 0.15) is 4.32 Å². The van der Waals surface area contributed by atoms with Gasteiger partial charge in [0, 0.05) is 0 Å². The van der Waals surface area contributed by atoms with E-state index in [0.29, 0.717) is 28.2 Å². The molecule has 0 unspecified atom stereocenters. The summed E-state index contributed by atoms with van der Waals surface area (Å²) in [7, 11) is 0. The van der Waals surface area contributed by atoms with E-state index in [1.807, 2.05) is 31.2 Å². The number of amides is 1. The van der Waals surface area contributed by atoms with E-state index >= 15 is 0 Å².